The van der Waals surface area contributed by atoms with Crippen LogP contribution in [0.3, 0.4) is 0 Å². The normalized spacial score (nSPS) is 14.2. The summed E-state index contributed by atoms with van der Waals surface area (Å²) in [4.78, 5) is 16.1. The van der Waals surface area contributed by atoms with Crippen molar-refractivity contribution in [2.45, 2.75) is 20.4 Å². The Kier molecular flexibility index (Phi) is 6.15. The summed E-state index contributed by atoms with van der Waals surface area (Å²) in [6.07, 6.45) is 3.72. The topological polar surface area (TPSA) is 96.7 Å². The molecule has 0 atom stereocenters. The minimum Gasteiger partial charge on any atom is -0.368 e. The number of pyridine rings is 1. The van der Waals surface area contributed by atoms with Gasteiger partial charge in [-0.3, -0.25) is 0 Å². The summed E-state index contributed by atoms with van der Waals surface area (Å²) < 4.78 is 1.93. The van der Waals surface area contributed by atoms with Crippen molar-refractivity contribution in [2.24, 2.45) is 5.92 Å². The number of piperazine rings is 1. The van der Waals surface area contributed by atoms with E-state index in [2.05, 4.69) is 55.7 Å². The van der Waals surface area contributed by atoms with Crippen LogP contribution in [0.25, 0.3) is 21.9 Å². The molecule has 9 nitrogen and oxygen atoms in total. The number of nitrogens with one attached hydrogen (secondary N) is 2. The van der Waals surface area contributed by atoms with Crippen molar-refractivity contribution in [3.05, 3.63) is 36.7 Å². The molecule has 0 aliphatic carbocycles. The Morgan fingerprint density at radius 2 is 1.90 bits per heavy atom. The lowest BCUT2D eigenvalue weighted by Crippen LogP contribution is -2.43. The molecule has 0 bridgehead atoms. The van der Waals surface area contributed by atoms with E-state index in [1.165, 1.54) is 0 Å². The van der Waals surface area contributed by atoms with Crippen LogP contribution < -0.4 is 15.5 Å². The lowest BCUT2D eigenvalue weighted by molar-refractivity contribution is 0.483. The maximum Gasteiger partial charge on any atom is 0.228 e. The van der Waals surface area contributed by atoms with Gasteiger partial charge >= 0.3 is 0 Å². The molecule has 10 heteroatoms. The van der Waals surface area contributed by atoms with Crippen molar-refractivity contribution in [3.63, 3.8) is 0 Å². The lowest BCUT2D eigenvalue weighted by Gasteiger charge is -2.29. The first-order chi connectivity index (χ1) is 14.7. The first-order valence-corrected chi connectivity index (χ1v) is 10.3. The molecule has 5 rings (SSSR count). The van der Waals surface area contributed by atoms with E-state index in [1.807, 2.05) is 35.3 Å². The van der Waals surface area contributed by atoms with Crippen LogP contribution in [0.5, 0.6) is 0 Å². The molecule has 31 heavy (non-hydrogen) atoms. The molecule has 4 heterocycles. The van der Waals surface area contributed by atoms with Gasteiger partial charge in [-0.2, -0.15) is 0 Å². The fourth-order valence-corrected chi connectivity index (χ4v) is 3.77. The Morgan fingerprint density at radius 1 is 1.06 bits per heavy atom. The molecule has 1 aliphatic heterocycles. The van der Waals surface area contributed by atoms with Gasteiger partial charge in [0.25, 0.3) is 0 Å². The molecule has 1 fully saturated rings. The van der Waals surface area contributed by atoms with E-state index in [4.69, 9.17) is 4.98 Å². The van der Waals surface area contributed by atoms with Gasteiger partial charge in [-0.05, 0) is 30.2 Å². The molecule has 1 aromatic carbocycles. The third kappa shape index (κ3) is 4.38. The van der Waals surface area contributed by atoms with Crippen LogP contribution in [0.15, 0.2) is 36.7 Å². The first-order valence-electron chi connectivity index (χ1n) is 10.3. The Balaban J connectivity index is 0.00000231. The molecule has 0 spiro atoms. The minimum absolute atomic E-state index is 0. The smallest absolute Gasteiger partial charge is 0.228 e. The third-order valence-electron chi connectivity index (χ3n) is 5.23. The predicted octanol–water partition coefficient (Wildman–Crippen LogP) is 3.00. The highest BCUT2D eigenvalue weighted by Crippen LogP contribution is 2.24. The van der Waals surface area contributed by atoms with Crippen LogP contribution in [0.4, 0.5) is 17.5 Å². The van der Waals surface area contributed by atoms with Gasteiger partial charge in [-0.25, -0.2) is 19.6 Å². The van der Waals surface area contributed by atoms with E-state index in [-0.39, 0.29) is 12.4 Å². The van der Waals surface area contributed by atoms with Crippen LogP contribution in [-0.4, -0.2) is 56.1 Å². The number of fused-ring (bicyclic) bond motifs is 3. The molecule has 0 amide bonds. The molecule has 0 saturated carbocycles. The molecule has 1 saturated heterocycles. The average molecular weight is 440 g/mol. The molecule has 3 aromatic heterocycles. The van der Waals surface area contributed by atoms with E-state index in [0.29, 0.717) is 17.7 Å². The van der Waals surface area contributed by atoms with Crippen LogP contribution in [-0.2, 0) is 6.54 Å². The zero-order valence-corrected chi connectivity index (χ0v) is 18.4. The summed E-state index contributed by atoms with van der Waals surface area (Å²) in [6, 6.07) is 8.00. The van der Waals surface area contributed by atoms with Gasteiger partial charge in [0.1, 0.15) is 22.4 Å². The number of rotatable bonds is 5. The summed E-state index contributed by atoms with van der Waals surface area (Å²) in [5, 5.41) is 16.2. The number of halogens is 1. The van der Waals surface area contributed by atoms with Gasteiger partial charge in [-0.1, -0.05) is 19.1 Å². The standard InChI is InChI=1S/C21H25N9.ClH/c1-14(2)13-30-20-17(27-28-30)5-3-15-11-24-21(26-19(15)20)25-18-6-4-16(12-23-18)29-9-7-22-8-10-29;/h3-6,11-12,14,22H,7-10,13H2,1-2H3,(H,23,24,25,26);1H. The van der Waals surface area contributed by atoms with E-state index in [0.717, 1.165) is 60.3 Å². The predicted molar refractivity (Wildman–Crippen MR) is 125 cm³/mol. The Hall–Kier alpha value is -3.04. The van der Waals surface area contributed by atoms with E-state index in [1.54, 1.807) is 0 Å². The number of aromatic nitrogens is 6. The second-order valence-corrected chi connectivity index (χ2v) is 7.99. The summed E-state index contributed by atoms with van der Waals surface area (Å²) >= 11 is 0. The molecule has 0 radical (unpaired) electrons. The maximum absolute atomic E-state index is 4.77. The van der Waals surface area contributed by atoms with Crippen molar-refractivity contribution < 1.29 is 0 Å². The van der Waals surface area contributed by atoms with Crippen molar-refractivity contribution >= 4 is 51.8 Å². The van der Waals surface area contributed by atoms with Crippen LogP contribution >= 0.6 is 12.4 Å². The minimum atomic E-state index is 0. The van der Waals surface area contributed by atoms with Crippen LogP contribution in [0.1, 0.15) is 13.8 Å². The second-order valence-electron chi connectivity index (χ2n) is 7.99. The van der Waals surface area contributed by atoms with Gasteiger partial charge in [0, 0.05) is 44.3 Å². The van der Waals surface area contributed by atoms with Gasteiger partial charge in [0.15, 0.2) is 0 Å². The van der Waals surface area contributed by atoms with Gasteiger partial charge in [0.05, 0.1) is 11.9 Å². The van der Waals surface area contributed by atoms with E-state index >= 15 is 0 Å². The molecule has 0 unspecified atom stereocenters. The Bertz CT molecular complexity index is 1170. The summed E-state index contributed by atoms with van der Waals surface area (Å²) in [7, 11) is 0. The van der Waals surface area contributed by atoms with Crippen LogP contribution in [0.2, 0.25) is 0 Å². The third-order valence-corrected chi connectivity index (χ3v) is 5.23. The zero-order valence-electron chi connectivity index (χ0n) is 17.6. The Morgan fingerprint density at radius 3 is 2.65 bits per heavy atom. The maximum atomic E-state index is 4.77. The number of benzene rings is 1. The van der Waals surface area contributed by atoms with Crippen LogP contribution in [0, 0.1) is 5.92 Å². The summed E-state index contributed by atoms with van der Waals surface area (Å²) in [6.45, 7) is 9.11. The average Bonchev–Trinajstić information content (AvgIpc) is 3.17. The number of anilines is 3. The Labute approximate surface area is 186 Å². The van der Waals surface area contributed by atoms with Gasteiger partial charge < -0.3 is 15.5 Å². The van der Waals surface area contributed by atoms with Gasteiger partial charge in [-0.15, -0.1) is 17.5 Å². The highest BCUT2D eigenvalue weighted by Gasteiger charge is 2.14. The zero-order chi connectivity index (χ0) is 20.5. The molecule has 4 aromatic rings. The lowest BCUT2D eigenvalue weighted by atomic mass is 10.2. The summed E-state index contributed by atoms with van der Waals surface area (Å²) in [5.41, 5.74) is 3.75. The second kappa shape index (κ2) is 8.99. The van der Waals surface area contributed by atoms with E-state index < -0.39 is 0 Å². The largest absolute Gasteiger partial charge is 0.368 e. The van der Waals surface area contributed by atoms with E-state index in [9.17, 15) is 0 Å². The fraction of sp³-hybridized carbons (Fsp3) is 0.381. The van der Waals surface area contributed by atoms with Crippen molar-refractivity contribution in [1.29, 1.82) is 0 Å². The monoisotopic (exact) mass is 439 g/mol. The first kappa shape index (κ1) is 21.2. The van der Waals surface area contributed by atoms with Crippen molar-refractivity contribution in [3.8, 4) is 0 Å². The number of hydrogen-bond donors (Lipinski definition) is 2. The summed E-state index contributed by atoms with van der Waals surface area (Å²) in [5.74, 6) is 1.69. The molecule has 2 N–H and O–H groups in total. The SMILES string of the molecule is CC(C)Cn1nnc2ccc3cnc(Nc4ccc(N5CCNCC5)cn4)nc3c21.Cl. The fourth-order valence-electron chi connectivity index (χ4n) is 3.77. The number of nitrogens with zero attached hydrogens (tertiary/aromatic N) is 7. The van der Waals surface area contributed by atoms with Gasteiger partial charge in [0.2, 0.25) is 5.95 Å². The quantitative estimate of drug-likeness (QED) is 0.490. The molecular formula is C21H26ClN9. The van der Waals surface area contributed by atoms with Crippen molar-refractivity contribution in [1.82, 2.24) is 35.3 Å². The molecule has 162 valence electrons. The molecular weight excluding hydrogens is 414 g/mol. The molecule has 1 aliphatic rings. The highest BCUT2D eigenvalue weighted by molar-refractivity contribution is 6.01. The number of hydrogen-bond acceptors (Lipinski definition) is 8. The van der Waals surface area contributed by atoms with Crippen molar-refractivity contribution in [2.75, 3.05) is 36.4 Å². The highest BCUT2D eigenvalue weighted by atomic mass is 35.5.